The Bertz CT molecular complexity index is 328. The van der Waals surface area contributed by atoms with E-state index in [-0.39, 0.29) is 0 Å². The third-order valence-corrected chi connectivity index (χ3v) is 3.99. The van der Waals surface area contributed by atoms with Crippen LogP contribution in [0.5, 0.6) is 0 Å². The van der Waals surface area contributed by atoms with Crippen LogP contribution in [0.4, 0.5) is 0 Å². The zero-order valence-electron chi connectivity index (χ0n) is 11.0. The monoisotopic (exact) mass is 236 g/mol. The Hall–Kier alpha value is -0.900. The Morgan fingerprint density at radius 3 is 2.82 bits per heavy atom. The van der Waals surface area contributed by atoms with E-state index in [1.165, 1.54) is 32.1 Å². The summed E-state index contributed by atoms with van der Waals surface area (Å²) in [5, 5.41) is 7.73. The van der Waals surface area contributed by atoms with Gasteiger partial charge in [-0.05, 0) is 32.7 Å². The first-order valence-electron chi connectivity index (χ1n) is 6.89. The third-order valence-electron chi connectivity index (χ3n) is 3.99. The predicted octanol–water partition coefficient (Wildman–Crippen LogP) is 2.01. The molecule has 0 amide bonds. The van der Waals surface area contributed by atoms with Gasteiger partial charge in [0.1, 0.15) is 12.2 Å². The van der Waals surface area contributed by atoms with E-state index < -0.39 is 0 Å². The maximum Gasteiger partial charge on any atom is 0.138 e. The first kappa shape index (κ1) is 12.6. The van der Waals surface area contributed by atoms with Gasteiger partial charge >= 0.3 is 0 Å². The fraction of sp³-hybridized carbons (Fsp3) is 0.846. The lowest BCUT2D eigenvalue weighted by Gasteiger charge is -2.29. The Kier molecular flexibility index (Phi) is 4.54. The highest BCUT2D eigenvalue weighted by Gasteiger charge is 2.23. The molecule has 4 nitrogen and oxygen atoms in total. The van der Waals surface area contributed by atoms with Crippen molar-refractivity contribution in [3.05, 3.63) is 12.2 Å². The molecular formula is C13H24N4. The molecule has 2 rings (SSSR count). The lowest BCUT2D eigenvalue weighted by atomic mass is 9.82. The largest absolute Gasteiger partial charge is 0.316 e. The highest BCUT2D eigenvalue weighted by Crippen LogP contribution is 2.27. The number of hydrogen-bond acceptors (Lipinski definition) is 3. The molecule has 1 fully saturated rings. The van der Waals surface area contributed by atoms with Crippen LogP contribution in [0.1, 0.15) is 44.9 Å². The summed E-state index contributed by atoms with van der Waals surface area (Å²) < 4.78 is 2.01. The molecule has 1 aliphatic carbocycles. The molecule has 1 aromatic rings. The van der Waals surface area contributed by atoms with E-state index >= 15 is 0 Å². The molecule has 0 bridgehead atoms. The van der Waals surface area contributed by atoms with Crippen molar-refractivity contribution in [1.29, 1.82) is 0 Å². The first-order valence-corrected chi connectivity index (χ1v) is 6.89. The summed E-state index contributed by atoms with van der Waals surface area (Å²) in [7, 11) is 2.08. The van der Waals surface area contributed by atoms with Gasteiger partial charge < -0.3 is 5.32 Å². The van der Waals surface area contributed by atoms with Crippen LogP contribution in [0.3, 0.4) is 0 Å². The molecule has 0 spiro atoms. The number of aryl methyl sites for hydroxylation is 1. The average molecular weight is 236 g/mol. The quantitative estimate of drug-likeness (QED) is 0.850. The van der Waals surface area contributed by atoms with Crippen molar-refractivity contribution in [3.63, 3.8) is 0 Å². The summed E-state index contributed by atoms with van der Waals surface area (Å²) in [6, 6.07) is 0.560. The number of likely N-dealkylation sites (N-methyl/N-ethyl adjacent to an activating group) is 1. The Morgan fingerprint density at radius 1 is 1.41 bits per heavy atom. The van der Waals surface area contributed by atoms with E-state index in [0.717, 1.165) is 24.7 Å². The first-order chi connectivity index (χ1) is 8.35. The van der Waals surface area contributed by atoms with Gasteiger partial charge in [0.25, 0.3) is 0 Å². The molecule has 17 heavy (non-hydrogen) atoms. The summed E-state index contributed by atoms with van der Waals surface area (Å²) in [4.78, 5) is 4.38. The highest BCUT2D eigenvalue weighted by molar-refractivity contribution is 4.92. The normalized spacial score (nSPS) is 19.4. The second kappa shape index (κ2) is 6.15. The molecule has 0 aliphatic heterocycles. The van der Waals surface area contributed by atoms with Crippen molar-refractivity contribution >= 4 is 0 Å². The van der Waals surface area contributed by atoms with Crippen LogP contribution >= 0.6 is 0 Å². The summed E-state index contributed by atoms with van der Waals surface area (Å²) in [6.07, 6.45) is 9.61. The smallest absolute Gasteiger partial charge is 0.138 e. The van der Waals surface area contributed by atoms with Crippen LogP contribution in [0, 0.1) is 5.92 Å². The maximum absolute atomic E-state index is 4.38. The van der Waals surface area contributed by atoms with Crippen molar-refractivity contribution in [1.82, 2.24) is 20.1 Å². The van der Waals surface area contributed by atoms with Gasteiger partial charge in [-0.15, -0.1) is 0 Å². The minimum absolute atomic E-state index is 0.560. The van der Waals surface area contributed by atoms with Crippen LogP contribution in [-0.4, -0.2) is 27.9 Å². The minimum atomic E-state index is 0.560. The molecule has 1 heterocycles. The Labute approximate surface area is 104 Å². The van der Waals surface area contributed by atoms with Crippen molar-refractivity contribution < 1.29 is 0 Å². The fourth-order valence-electron chi connectivity index (χ4n) is 2.95. The zero-order chi connectivity index (χ0) is 12.1. The lowest BCUT2D eigenvalue weighted by molar-refractivity contribution is 0.272. The number of rotatable bonds is 5. The zero-order valence-corrected chi connectivity index (χ0v) is 11.0. The Balaban J connectivity index is 1.98. The van der Waals surface area contributed by atoms with Gasteiger partial charge in [-0.1, -0.05) is 19.3 Å². The average Bonchev–Trinajstić information content (AvgIpc) is 2.84. The molecule has 1 atom stereocenters. The van der Waals surface area contributed by atoms with Crippen LogP contribution < -0.4 is 5.32 Å². The molecule has 96 valence electrons. The van der Waals surface area contributed by atoms with Gasteiger partial charge in [-0.2, -0.15) is 5.10 Å². The number of hydrogen-bond donors (Lipinski definition) is 1. The second-order valence-electron chi connectivity index (χ2n) is 4.99. The van der Waals surface area contributed by atoms with Gasteiger partial charge in [-0.25, -0.2) is 4.98 Å². The summed E-state index contributed by atoms with van der Waals surface area (Å²) in [5.74, 6) is 1.94. The van der Waals surface area contributed by atoms with Gasteiger partial charge in [0, 0.05) is 19.0 Å². The molecule has 1 aliphatic rings. The van der Waals surface area contributed by atoms with Gasteiger partial charge in [0.05, 0.1) is 0 Å². The van der Waals surface area contributed by atoms with E-state index in [1.807, 2.05) is 4.68 Å². The van der Waals surface area contributed by atoms with Crippen molar-refractivity contribution in [2.75, 3.05) is 7.05 Å². The molecule has 1 unspecified atom stereocenters. The van der Waals surface area contributed by atoms with Crippen LogP contribution in [0.25, 0.3) is 0 Å². The second-order valence-corrected chi connectivity index (χ2v) is 4.99. The van der Waals surface area contributed by atoms with Crippen LogP contribution in [0.15, 0.2) is 6.33 Å². The predicted molar refractivity (Wildman–Crippen MR) is 68.8 cm³/mol. The topological polar surface area (TPSA) is 42.7 Å². The van der Waals surface area contributed by atoms with Crippen LogP contribution in [-0.2, 0) is 13.0 Å². The molecule has 4 heteroatoms. The minimum Gasteiger partial charge on any atom is -0.316 e. The molecule has 0 aromatic carbocycles. The van der Waals surface area contributed by atoms with Crippen molar-refractivity contribution in [2.45, 2.75) is 58.0 Å². The molecule has 0 saturated heterocycles. The summed E-state index contributed by atoms with van der Waals surface area (Å²) in [6.45, 7) is 3.03. The van der Waals surface area contributed by atoms with Crippen molar-refractivity contribution in [3.8, 4) is 0 Å². The number of aromatic nitrogens is 3. The molecule has 1 saturated carbocycles. The van der Waals surface area contributed by atoms with Gasteiger partial charge in [0.2, 0.25) is 0 Å². The third kappa shape index (κ3) is 3.06. The van der Waals surface area contributed by atoms with Crippen molar-refractivity contribution in [2.24, 2.45) is 5.92 Å². The van der Waals surface area contributed by atoms with Gasteiger partial charge in [0.15, 0.2) is 0 Å². The summed E-state index contributed by atoms with van der Waals surface area (Å²) in [5.41, 5.74) is 0. The van der Waals surface area contributed by atoms with E-state index in [1.54, 1.807) is 6.33 Å². The maximum atomic E-state index is 4.38. The van der Waals surface area contributed by atoms with E-state index in [9.17, 15) is 0 Å². The fourth-order valence-corrected chi connectivity index (χ4v) is 2.95. The van der Waals surface area contributed by atoms with E-state index in [2.05, 4.69) is 29.4 Å². The lowest BCUT2D eigenvalue weighted by Crippen LogP contribution is -2.37. The number of nitrogens with one attached hydrogen (secondary N) is 1. The summed E-state index contributed by atoms with van der Waals surface area (Å²) >= 11 is 0. The molecule has 1 N–H and O–H groups in total. The van der Waals surface area contributed by atoms with Crippen LogP contribution in [0.2, 0.25) is 0 Å². The SMILES string of the molecule is CCn1ncnc1CC(NC)C1CCCCC1. The van der Waals surface area contributed by atoms with E-state index in [0.29, 0.717) is 6.04 Å². The number of nitrogens with zero attached hydrogens (tertiary/aromatic N) is 3. The Morgan fingerprint density at radius 2 is 2.18 bits per heavy atom. The van der Waals surface area contributed by atoms with Gasteiger partial charge in [-0.3, -0.25) is 4.68 Å². The van der Waals surface area contributed by atoms with E-state index in [4.69, 9.17) is 0 Å². The molecule has 0 radical (unpaired) electrons. The molecule has 1 aromatic heterocycles. The highest BCUT2D eigenvalue weighted by atomic mass is 15.3. The molecular weight excluding hydrogens is 212 g/mol. The standard InChI is InChI=1S/C13H24N4/c1-3-17-13(15-10-16-17)9-12(14-2)11-7-5-4-6-8-11/h10-12,14H,3-9H2,1-2H3.